The maximum absolute atomic E-state index is 13.3. The van der Waals surface area contributed by atoms with E-state index >= 15 is 0 Å². The molecule has 1 fully saturated rings. The number of rotatable bonds is 7. The van der Waals surface area contributed by atoms with Gasteiger partial charge in [0.15, 0.2) is 6.10 Å². The van der Waals surface area contributed by atoms with E-state index < -0.39 is 28.0 Å². The van der Waals surface area contributed by atoms with Gasteiger partial charge in [-0.25, -0.2) is 22.3 Å². The van der Waals surface area contributed by atoms with Gasteiger partial charge >= 0.3 is 5.97 Å². The number of hydrogen-bond acceptors (Lipinski definition) is 8. The molecule has 0 aliphatic carbocycles. The van der Waals surface area contributed by atoms with E-state index in [0.717, 1.165) is 16.7 Å². The van der Waals surface area contributed by atoms with Crippen LogP contribution in [-0.2, 0) is 24.3 Å². The van der Waals surface area contributed by atoms with Gasteiger partial charge in [-0.05, 0) is 68.4 Å². The number of aryl methyl sites for hydroxylation is 1. The molecule has 1 amide bonds. The third-order valence-electron chi connectivity index (χ3n) is 6.20. The van der Waals surface area contributed by atoms with Crippen LogP contribution in [0.1, 0.15) is 22.3 Å². The summed E-state index contributed by atoms with van der Waals surface area (Å²) in [6.45, 7) is 4.51. The number of halogens is 1. The van der Waals surface area contributed by atoms with Crippen molar-refractivity contribution in [3.05, 3.63) is 71.0 Å². The van der Waals surface area contributed by atoms with Gasteiger partial charge in [-0.15, -0.1) is 11.3 Å². The molecule has 0 unspecified atom stereocenters. The lowest BCUT2D eigenvalue weighted by Crippen LogP contribution is -2.40. The molecule has 1 N–H and O–H groups in total. The Hall–Kier alpha value is -3.65. The van der Waals surface area contributed by atoms with Crippen molar-refractivity contribution in [3.63, 3.8) is 0 Å². The van der Waals surface area contributed by atoms with Gasteiger partial charge in [0.25, 0.3) is 5.91 Å². The number of anilines is 1. The van der Waals surface area contributed by atoms with Crippen LogP contribution in [-0.4, -0.2) is 66.8 Å². The van der Waals surface area contributed by atoms with Crippen molar-refractivity contribution in [3.8, 4) is 5.69 Å². The van der Waals surface area contributed by atoms with Crippen molar-refractivity contribution >= 4 is 49.1 Å². The molecule has 204 valence electrons. The summed E-state index contributed by atoms with van der Waals surface area (Å²) in [7, 11) is -3.65. The normalized spacial score (nSPS) is 15.3. The van der Waals surface area contributed by atoms with Crippen molar-refractivity contribution in [1.82, 2.24) is 14.1 Å². The quantitative estimate of drug-likeness (QED) is 0.335. The Kier molecular flexibility index (Phi) is 7.49. The molecule has 0 saturated carbocycles. The van der Waals surface area contributed by atoms with Crippen molar-refractivity contribution in [2.75, 3.05) is 31.6 Å². The number of benzene rings is 2. The average molecular weight is 573 g/mol. The van der Waals surface area contributed by atoms with Gasteiger partial charge < -0.3 is 14.8 Å². The van der Waals surface area contributed by atoms with Gasteiger partial charge in [0.2, 0.25) is 10.0 Å². The number of ether oxygens (including phenoxy) is 2. The second-order valence-corrected chi connectivity index (χ2v) is 11.8. The third-order valence-corrected chi connectivity index (χ3v) is 9.20. The molecule has 1 aliphatic heterocycles. The molecule has 39 heavy (non-hydrogen) atoms. The minimum absolute atomic E-state index is 0.112. The number of carbonyl (C=O) groups is 2. The van der Waals surface area contributed by atoms with Crippen molar-refractivity contribution < 1.29 is 31.9 Å². The number of esters is 1. The maximum atomic E-state index is 13.3. The number of nitrogens with one attached hydrogen (secondary N) is 1. The lowest BCUT2D eigenvalue weighted by molar-refractivity contribution is -0.123. The summed E-state index contributed by atoms with van der Waals surface area (Å²) >= 11 is 1.16. The second-order valence-electron chi connectivity index (χ2n) is 8.88. The van der Waals surface area contributed by atoms with E-state index in [-0.39, 0.29) is 23.8 Å². The maximum Gasteiger partial charge on any atom is 0.349 e. The standard InChI is InChI=1S/C26H25FN4O6S2/c1-16-22-15-23(38-25(22)31(29-16)20-7-3-18(27)4-8-20)26(33)37-17(2)24(32)28-19-5-9-21(10-6-19)39(34,35)30-11-13-36-14-12-30/h3-10,15,17H,11-14H2,1-2H3,(H,28,32)/t17-/m0/s1. The van der Waals surface area contributed by atoms with E-state index in [1.54, 1.807) is 29.8 Å². The fraction of sp³-hybridized carbons (Fsp3) is 0.269. The highest BCUT2D eigenvalue weighted by Gasteiger charge is 2.27. The molecule has 5 rings (SSSR count). The number of carbonyl (C=O) groups excluding carboxylic acids is 2. The summed E-state index contributed by atoms with van der Waals surface area (Å²) in [6, 6.07) is 13.3. The number of aromatic nitrogens is 2. The van der Waals surface area contributed by atoms with Gasteiger partial charge in [0.1, 0.15) is 15.5 Å². The minimum Gasteiger partial charge on any atom is -0.448 e. The lowest BCUT2D eigenvalue weighted by atomic mass is 10.3. The first-order valence-corrected chi connectivity index (χ1v) is 14.3. The number of hydrogen-bond donors (Lipinski definition) is 1. The van der Waals surface area contributed by atoms with E-state index in [0.29, 0.717) is 40.0 Å². The van der Waals surface area contributed by atoms with E-state index in [1.165, 1.54) is 47.6 Å². The topological polar surface area (TPSA) is 120 Å². The molecular formula is C26H25FN4O6S2. The number of nitrogens with zero attached hydrogens (tertiary/aromatic N) is 3. The summed E-state index contributed by atoms with van der Waals surface area (Å²) in [6.07, 6.45) is -1.12. The molecule has 13 heteroatoms. The Bertz CT molecular complexity index is 1630. The van der Waals surface area contributed by atoms with Crippen LogP contribution >= 0.6 is 11.3 Å². The lowest BCUT2D eigenvalue weighted by Gasteiger charge is -2.26. The third kappa shape index (κ3) is 5.57. The molecule has 1 saturated heterocycles. The van der Waals surface area contributed by atoms with Gasteiger partial charge in [-0.3, -0.25) is 4.79 Å². The predicted octanol–water partition coefficient (Wildman–Crippen LogP) is 3.74. The van der Waals surface area contributed by atoms with Crippen LogP contribution in [0.5, 0.6) is 0 Å². The number of fused-ring (bicyclic) bond motifs is 1. The van der Waals surface area contributed by atoms with Crippen LogP contribution in [0.4, 0.5) is 10.1 Å². The number of morpholine rings is 1. The molecule has 1 aliphatic rings. The fourth-order valence-electron chi connectivity index (χ4n) is 4.07. The van der Waals surface area contributed by atoms with E-state index in [4.69, 9.17) is 9.47 Å². The van der Waals surface area contributed by atoms with Gasteiger partial charge in [-0.2, -0.15) is 9.40 Å². The zero-order chi connectivity index (χ0) is 27.7. The Balaban J connectivity index is 1.24. The molecule has 2 aromatic carbocycles. The summed E-state index contributed by atoms with van der Waals surface area (Å²) < 4.78 is 52.5. The second kappa shape index (κ2) is 10.8. The molecule has 10 nitrogen and oxygen atoms in total. The Morgan fingerprint density at radius 2 is 1.77 bits per heavy atom. The van der Waals surface area contributed by atoms with Crippen molar-refractivity contribution in [2.24, 2.45) is 0 Å². The van der Waals surface area contributed by atoms with E-state index in [2.05, 4.69) is 10.4 Å². The molecule has 2 aromatic heterocycles. The molecule has 0 radical (unpaired) electrons. The predicted molar refractivity (Wildman–Crippen MR) is 143 cm³/mol. The van der Waals surface area contributed by atoms with Crippen molar-refractivity contribution in [2.45, 2.75) is 24.8 Å². The number of amides is 1. The first-order valence-electron chi connectivity index (χ1n) is 12.1. The number of sulfonamides is 1. The average Bonchev–Trinajstić information content (AvgIpc) is 3.50. The van der Waals surface area contributed by atoms with Crippen LogP contribution in [0.2, 0.25) is 0 Å². The first-order chi connectivity index (χ1) is 18.6. The van der Waals surface area contributed by atoms with Crippen LogP contribution in [0.25, 0.3) is 15.9 Å². The molecule has 0 bridgehead atoms. The molecule has 4 aromatic rings. The zero-order valence-electron chi connectivity index (χ0n) is 21.1. The Labute approximate surface area is 228 Å². The monoisotopic (exact) mass is 572 g/mol. The molecule has 3 heterocycles. The Morgan fingerprint density at radius 1 is 1.10 bits per heavy atom. The zero-order valence-corrected chi connectivity index (χ0v) is 22.7. The fourth-order valence-corrected chi connectivity index (χ4v) is 6.54. The van der Waals surface area contributed by atoms with Gasteiger partial charge in [0, 0.05) is 24.2 Å². The number of thiophene rings is 1. The summed E-state index contributed by atoms with van der Waals surface area (Å²) in [5.41, 5.74) is 1.70. The summed E-state index contributed by atoms with van der Waals surface area (Å²) in [4.78, 5) is 26.6. The highest BCUT2D eigenvalue weighted by Crippen LogP contribution is 2.31. The molecular weight excluding hydrogens is 547 g/mol. The largest absolute Gasteiger partial charge is 0.448 e. The summed E-state index contributed by atoms with van der Waals surface area (Å²) in [5, 5.41) is 7.86. The van der Waals surface area contributed by atoms with Gasteiger partial charge in [-0.1, -0.05) is 0 Å². The van der Waals surface area contributed by atoms with Crippen LogP contribution < -0.4 is 5.32 Å². The smallest absolute Gasteiger partial charge is 0.349 e. The minimum atomic E-state index is -3.65. The molecule has 1 atom stereocenters. The van der Waals surface area contributed by atoms with Crippen LogP contribution in [0.15, 0.2) is 59.5 Å². The SMILES string of the molecule is Cc1nn(-c2ccc(F)cc2)c2sc(C(=O)O[C@@H](C)C(=O)Nc3ccc(S(=O)(=O)N4CCOCC4)cc3)cc12. The highest BCUT2D eigenvalue weighted by molar-refractivity contribution is 7.89. The van der Waals surface area contributed by atoms with Crippen LogP contribution in [0, 0.1) is 12.7 Å². The van der Waals surface area contributed by atoms with Crippen molar-refractivity contribution in [1.29, 1.82) is 0 Å². The van der Waals surface area contributed by atoms with E-state index in [9.17, 15) is 22.4 Å². The van der Waals surface area contributed by atoms with Crippen LogP contribution in [0.3, 0.4) is 0 Å². The summed E-state index contributed by atoms with van der Waals surface area (Å²) in [5.74, 6) is -1.60. The highest BCUT2D eigenvalue weighted by atomic mass is 32.2. The van der Waals surface area contributed by atoms with E-state index in [1.807, 2.05) is 0 Å². The first kappa shape index (κ1) is 26.9. The Morgan fingerprint density at radius 3 is 2.44 bits per heavy atom. The van der Waals surface area contributed by atoms with Gasteiger partial charge in [0.05, 0.1) is 29.5 Å². The molecule has 0 spiro atoms.